The number of furan rings is 1. The molecular formula is C18H12N2O3. The van der Waals surface area contributed by atoms with Crippen molar-refractivity contribution in [2.24, 2.45) is 0 Å². The normalized spacial score (nSPS) is 11.0. The Hall–Kier alpha value is -3.21. The molecular weight excluding hydrogens is 292 g/mol. The minimum atomic E-state index is -0.411. The second kappa shape index (κ2) is 5.21. The SMILES string of the molecule is CC(=O)Oc1c(-c2cnc3ccccc3n2)oc2ccccc12. The maximum Gasteiger partial charge on any atom is 0.308 e. The van der Waals surface area contributed by atoms with Crippen LogP contribution in [0, 0.1) is 0 Å². The third-order valence-corrected chi connectivity index (χ3v) is 3.48. The number of esters is 1. The number of fused-ring (bicyclic) bond motifs is 2. The number of nitrogens with zero attached hydrogens (tertiary/aromatic N) is 2. The summed E-state index contributed by atoms with van der Waals surface area (Å²) in [6.07, 6.45) is 1.62. The van der Waals surface area contributed by atoms with Gasteiger partial charge in [-0.2, -0.15) is 0 Å². The second-order valence-corrected chi connectivity index (χ2v) is 5.09. The van der Waals surface area contributed by atoms with Crippen molar-refractivity contribution in [2.45, 2.75) is 6.92 Å². The number of para-hydroxylation sites is 3. The van der Waals surface area contributed by atoms with E-state index in [1.807, 2.05) is 48.5 Å². The van der Waals surface area contributed by atoms with Crippen LogP contribution >= 0.6 is 0 Å². The quantitative estimate of drug-likeness (QED) is 0.524. The third kappa shape index (κ3) is 2.32. The van der Waals surface area contributed by atoms with E-state index in [4.69, 9.17) is 9.15 Å². The molecule has 0 saturated heterocycles. The number of hydrogen-bond acceptors (Lipinski definition) is 5. The summed E-state index contributed by atoms with van der Waals surface area (Å²) in [7, 11) is 0. The fraction of sp³-hybridized carbons (Fsp3) is 0.0556. The summed E-state index contributed by atoms with van der Waals surface area (Å²) in [5, 5.41) is 0.729. The van der Waals surface area contributed by atoms with E-state index < -0.39 is 5.97 Å². The van der Waals surface area contributed by atoms with E-state index in [0.29, 0.717) is 22.8 Å². The van der Waals surface area contributed by atoms with Gasteiger partial charge in [0.15, 0.2) is 11.5 Å². The van der Waals surface area contributed by atoms with Gasteiger partial charge in [-0.15, -0.1) is 0 Å². The molecule has 4 aromatic rings. The minimum Gasteiger partial charge on any atom is -0.450 e. The lowest BCUT2D eigenvalue weighted by molar-refractivity contribution is -0.131. The Labute approximate surface area is 131 Å². The van der Waals surface area contributed by atoms with Gasteiger partial charge in [0, 0.05) is 6.92 Å². The second-order valence-electron chi connectivity index (χ2n) is 5.09. The Balaban J connectivity index is 1.97. The van der Waals surface area contributed by atoms with E-state index in [1.165, 1.54) is 6.92 Å². The number of carbonyl (C=O) groups excluding carboxylic acids is 1. The Morgan fingerprint density at radius 2 is 1.78 bits per heavy atom. The minimum absolute atomic E-state index is 0.373. The highest BCUT2D eigenvalue weighted by Gasteiger charge is 2.20. The average molecular weight is 304 g/mol. The first kappa shape index (κ1) is 13.5. The largest absolute Gasteiger partial charge is 0.450 e. The van der Waals surface area contributed by atoms with Crippen LogP contribution in [0.1, 0.15) is 6.92 Å². The summed E-state index contributed by atoms with van der Waals surface area (Å²) in [4.78, 5) is 20.4. The molecule has 0 spiro atoms. The topological polar surface area (TPSA) is 65.2 Å². The zero-order chi connectivity index (χ0) is 15.8. The van der Waals surface area contributed by atoms with E-state index >= 15 is 0 Å². The van der Waals surface area contributed by atoms with Gasteiger partial charge in [-0.05, 0) is 24.3 Å². The molecule has 4 rings (SSSR count). The molecule has 0 aliphatic heterocycles. The summed E-state index contributed by atoms with van der Waals surface area (Å²) in [5.74, 6) is 0.365. The van der Waals surface area contributed by atoms with Crippen molar-refractivity contribution in [2.75, 3.05) is 0 Å². The van der Waals surface area contributed by atoms with Crippen LogP contribution in [-0.4, -0.2) is 15.9 Å². The van der Waals surface area contributed by atoms with Gasteiger partial charge in [-0.25, -0.2) is 4.98 Å². The molecule has 2 heterocycles. The van der Waals surface area contributed by atoms with Crippen molar-refractivity contribution in [1.82, 2.24) is 9.97 Å². The van der Waals surface area contributed by atoms with E-state index in [9.17, 15) is 4.79 Å². The fourth-order valence-electron chi connectivity index (χ4n) is 2.50. The molecule has 5 heteroatoms. The first-order chi connectivity index (χ1) is 11.2. The Morgan fingerprint density at radius 3 is 2.61 bits per heavy atom. The summed E-state index contributed by atoms with van der Waals surface area (Å²) < 4.78 is 11.2. The highest BCUT2D eigenvalue weighted by molar-refractivity contribution is 5.93. The van der Waals surface area contributed by atoms with Crippen LogP contribution < -0.4 is 4.74 Å². The van der Waals surface area contributed by atoms with Crippen LogP contribution in [0.3, 0.4) is 0 Å². The lowest BCUT2D eigenvalue weighted by Crippen LogP contribution is -2.02. The lowest BCUT2D eigenvalue weighted by atomic mass is 10.2. The molecule has 0 unspecified atom stereocenters. The monoisotopic (exact) mass is 304 g/mol. The van der Waals surface area contributed by atoms with Gasteiger partial charge in [-0.3, -0.25) is 9.78 Å². The first-order valence-electron chi connectivity index (χ1n) is 7.14. The van der Waals surface area contributed by atoms with Gasteiger partial charge < -0.3 is 9.15 Å². The molecule has 0 fully saturated rings. The number of ether oxygens (including phenoxy) is 1. The van der Waals surface area contributed by atoms with Gasteiger partial charge >= 0.3 is 5.97 Å². The van der Waals surface area contributed by atoms with Crippen LogP contribution in [0.4, 0.5) is 0 Å². The molecule has 0 bridgehead atoms. The highest BCUT2D eigenvalue weighted by atomic mass is 16.5. The summed E-state index contributed by atoms with van der Waals surface area (Å²) in [6, 6.07) is 14.9. The van der Waals surface area contributed by atoms with Crippen molar-refractivity contribution in [3.05, 3.63) is 54.7 Å². The van der Waals surface area contributed by atoms with E-state index in [2.05, 4.69) is 9.97 Å². The van der Waals surface area contributed by atoms with Gasteiger partial charge in [0.2, 0.25) is 0 Å². The van der Waals surface area contributed by atoms with Crippen LogP contribution in [0.5, 0.6) is 5.75 Å². The molecule has 2 aromatic carbocycles. The van der Waals surface area contributed by atoms with Crippen LogP contribution in [0.15, 0.2) is 59.1 Å². The van der Waals surface area contributed by atoms with Crippen molar-refractivity contribution >= 4 is 28.0 Å². The van der Waals surface area contributed by atoms with E-state index in [1.54, 1.807) is 6.20 Å². The Bertz CT molecular complexity index is 1040. The fourth-order valence-corrected chi connectivity index (χ4v) is 2.50. The number of carbonyl (C=O) groups is 1. The number of rotatable bonds is 2. The van der Waals surface area contributed by atoms with Gasteiger partial charge in [0.25, 0.3) is 0 Å². The van der Waals surface area contributed by atoms with E-state index in [0.717, 1.165) is 16.4 Å². The van der Waals surface area contributed by atoms with Crippen molar-refractivity contribution in [3.63, 3.8) is 0 Å². The lowest BCUT2D eigenvalue weighted by Gasteiger charge is -2.03. The highest BCUT2D eigenvalue weighted by Crippen LogP contribution is 2.39. The smallest absolute Gasteiger partial charge is 0.308 e. The van der Waals surface area contributed by atoms with E-state index in [-0.39, 0.29) is 0 Å². The number of aromatic nitrogens is 2. The molecule has 23 heavy (non-hydrogen) atoms. The van der Waals surface area contributed by atoms with Gasteiger partial charge in [0.05, 0.1) is 22.6 Å². The molecule has 2 aromatic heterocycles. The molecule has 0 radical (unpaired) electrons. The average Bonchev–Trinajstić information content (AvgIpc) is 2.93. The maximum absolute atomic E-state index is 11.5. The zero-order valence-electron chi connectivity index (χ0n) is 12.3. The molecule has 0 aliphatic rings. The molecule has 112 valence electrons. The predicted molar refractivity (Wildman–Crippen MR) is 86.1 cm³/mol. The van der Waals surface area contributed by atoms with Crippen molar-refractivity contribution in [3.8, 4) is 17.2 Å². The number of benzene rings is 2. The predicted octanol–water partition coefficient (Wildman–Crippen LogP) is 3.97. The Kier molecular flexibility index (Phi) is 3.05. The first-order valence-corrected chi connectivity index (χ1v) is 7.14. The van der Waals surface area contributed by atoms with Crippen molar-refractivity contribution in [1.29, 1.82) is 0 Å². The third-order valence-electron chi connectivity index (χ3n) is 3.48. The molecule has 0 N–H and O–H groups in total. The summed E-state index contributed by atoms with van der Waals surface area (Å²) in [6.45, 7) is 1.36. The standard InChI is InChI=1S/C18H12N2O3/c1-11(21)22-17-12-6-2-5-9-16(12)23-18(17)15-10-19-13-7-3-4-8-14(13)20-15/h2-10H,1H3. The Morgan fingerprint density at radius 1 is 1.04 bits per heavy atom. The molecule has 5 nitrogen and oxygen atoms in total. The zero-order valence-corrected chi connectivity index (χ0v) is 12.3. The van der Waals surface area contributed by atoms with Crippen LogP contribution in [0.2, 0.25) is 0 Å². The summed E-state index contributed by atoms with van der Waals surface area (Å²) >= 11 is 0. The number of hydrogen-bond donors (Lipinski definition) is 0. The van der Waals surface area contributed by atoms with Crippen molar-refractivity contribution < 1.29 is 13.9 Å². The van der Waals surface area contributed by atoms with Gasteiger partial charge in [-0.1, -0.05) is 24.3 Å². The molecule has 0 saturated carbocycles. The molecule has 0 aliphatic carbocycles. The maximum atomic E-state index is 11.5. The van der Waals surface area contributed by atoms with Crippen LogP contribution in [0.25, 0.3) is 33.5 Å². The summed E-state index contributed by atoms with van der Waals surface area (Å²) in [5.41, 5.74) is 2.70. The van der Waals surface area contributed by atoms with Gasteiger partial charge in [0.1, 0.15) is 11.3 Å². The molecule has 0 amide bonds. The molecule has 0 atom stereocenters. The van der Waals surface area contributed by atoms with Crippen LogP contribution in [-0.2, 0) is 4.79 Å².